The first-order valence-electron chi connectivity index (χ1n) is 6.28. The summed E-state index contributed by atoms with van der Waals surface area (Å²) < 4.78 is 0. The molecule has 0 amide bonds. The van der Waals surface area contributed by atoms with Crippen LogP contribution in [0.5, 0.6) is 0 Å². The number of nitrogens with zero attached hydrogens (tertiary/aromatic N) is 2. The summed E-state index contributed by atoms with van der Waals surface area (Å²) in [5.74, 6) is 0. The van der Waals surface area contributed by atoms with Crippen LogP contribution in [0.3, 0.4) is 0 Å². The highest BCUT2D eigenvalue weighted by Gasteiger charge is 2.16. The highest BCUT2D eigenvalue weighted by Crippen LogP contribution is 2.26. The van der Waals surface area contributed by atoms with Crippen molar-refractivity contribution < 1.29 is 0 Å². The van der Waals surface area contributed by atoms with Gasteiger partial charge in [0, 0.05) is 30.9 Å². The molecule has 18 heavy (non-hydrogen) atoms. The van der Waals surface area contributed by atoms with Crippen LogP contribution in [0.25, 0.3) is 0 Å². The summed E-state index contributed by atoms with van der Waals surface area (Å²) >= 11 is 1.85. The van der Waals surface area contributed by atoms with E-state index in [1.54, 1.807) is 0 Å². The molecular weight excluding hydrogens is 289 g/mol. The predicted octanol–water partition coefficient (Wildman–Crippen LogP) is 3.23. The first kappa shape index (κ1) is 18.0. The van der Waals surface area contributed by atoms with Crippen LogP contribution in [-0.2, 0) is 12.8 Å². The van der Waals surface area contributed by atoms with Gasteiger partial charge in [0.1, 0.15) is 0 Å². The molecule has 106 valence electrons. The first-order valence-corrected chi connectivity index (χ1v) is 7.10. The minimum Gasteiger partial charge on any atom is -0.362 e. The summed E-state index contributed by atoms with van der Waals surface area (Å²) in [4.78, 5) is 8.70. The van der Waals surface area contributed by atoms with Crippen LogP contribution >= 0.6 is 36.2 Å². The number of aromatic nitrogens is 1. The Hall–Kier alpha value is -0.0300. The van der Waals surface area contributed by atoms with Crippen LogP contribution in [0.2, 0.25) is 0 Å². The second-order valence-corrected chi connectivity index (χ2v) is 5.33. The Kier molecular flexibility index (Phi) is 8.95. The monoisotopic (exact) mass is 311 g/mol. The van der Waals surface area contributed by atoms with E-state index in [1.807, 2.05) is 11.3 Å². The summed E-state index contributed by atoms with van der Waals surface area (Å²) in [7, 11) is 0. The lowest BCUT2D eigenvalue weighted by Gasteiger charge is -2.16. The van der Waals surface area contributed by atoms with Gasteiger partial charge in [-0.1, -0.05) is 13.8 Å². The van der Waals surface area contributed by atoms with Crippen molar-refractivity contribution in [2.45, 2.75) is 33.1 Å². The van der Waals surface area contributed by atoms with Crippen LogP contribution in [0.1, 0.15) is 30.8 Å². The molecule has 0 unspecified atom stereocenters. The number of likely N-dealkylation sites (N-methyl/N-ethyl adjacent to an activating group) is 1. The molecule has 0 radical (unpaired) electrons. The fraction of sp³-hybridized carbons (Fsp3) is 0.750. The highest BCUT2D eigenvalue weighted by molar-refractivity contribution is 7.15. The smallest absolute Gasteiger partial charge is 0.183 e. The van der Waals surface area contributed by atoms with Crippen molar-refractivity contribution in [3.8, 4) is 0 Å². The van der Waals surface area contributed by atoms with Gasteiger partial charge in [-0.2, -0.15) is 0 Å². The lowest BCUT2D eigenvalue weighted by molar-refractivity contribution is 0.303. The molecule has 0 fully saturated rings. The lowest BCUT2D eigenvalue weighted by atomic mass is 10.2. The number of fused-ring (bicyclic) bond motifs is 1. The Labute approximate surface area is 126 Å². The molecule has 3 nitrogen and oxygen atoms in total. The van der Waals surface area contributed by atoms with Gasteiger partial charge in [-0.3, -0.25) is 0 Å². The number of hydrogen-bond acceptors (Lipinski definition) is 4. The number of hydrogen-bond donors (Lipinski definition) is 1. The third kappa shape index (κ3) is 4.57. The van der Waals surface area contributed by atoms with Crippen molar-refractivity contribution >= 4 is 41.3 Å². The Morgan fingerprint density at radius 3 is 2.61 bits per heavy atom. The van der Waals surface area contributed by atoms with Crippen molar-refractivity contribution in [1.82, 2.24) is 9.88 Å². The maximum atomic E-state index is 4.70. The number of rotatable bonds is 4. The lowest BCUT2D eigenvalue weighted by Crippen LogP contribution is -2.25. The van der Waals surface area contributed by atoms with E-state index >= 15 is 0 Å². The quantitative estimate of drug-likeness (QED) is 0.925. The highest BCUT2D eigenvalue weighted by atomic mass is 35.5. The molecule has 2 heterocycles. The molecular formula is C12H23Cl2N3S. The number of thiazole rings is 1. The molecule has 1 aromatic heterocycles. The summed E-state index contributed by atoms with van der Waals surface area (Å²) in [6.07, 6.45) is 3.45. The van der Waals surface area contributed by atoms with Gasteiger partial charge in [-0.15, -0.1) is 36.2 Å². The Morgan fingerprint density at radius 2 is 1.94 bits per heavy atom. The van der Waals surface area contributed by atoms with E-state index in [2.05, 4.69) is 24.1 Å². The summed E-state index contributed by atoms with van der Waals surface area (Å²) in [5.41, 5.74) is 1.33. The molecule has 0 spiro atoms. The van der Waals surface area contributed by atoms with Gasteiger partial charge in [-0.25, -0.2) is 4.98 Å². The first-order chi connectivity index (χ1) is 7.83. The SMILES string of the molecule is CCCNc1nc2c(s1)CCN(CC)CC2.Cl.Cl. The van der Waals surface area contributed by atoms with Gasteiger partial charge >= 0.3 is 0 Å². The molecule has 0 saturated heterocycles. The molecule has 0 aromatic carbocycles. The molecule has 0 atom stereocenters. The van der Waals surface area contributed by atoms with Gasteiger partial charge in [0.05, 0.1) is 5.69 Å². The van der Waals surface area contributed by atoms with Crippen LogP contribution in [0.4, 0.5) is 5.13 Å². The molecule has 0 bridgehead atoms. The van der Waals surface area contributed by atoms with Crippen LogP contribution in [0, 0.1) is 0 Å². The average molecular weight is 312 g/mol. The molecule has 0 saturated carbocycles. The zero-order chi connectivity index (χ0) is 11.4. The minimum atomic E-state index is 0. The van der Waals surface area contributed by atoms with E-state index in [1.165, 1.54) is 30.1 Å². The standard InChI is InChI=1S/C12H21N3S.2ClH/c1-3-7-13-12-14-10-5-8-15(4-2)9-6-11(10)16-12;;/h3-9H2,1-2H3,(H,13,14);2*1H. The van der Waals surface area contributed by atoms with Crippen LogP contribution < -0.4 is 5.32 Å². The van der Waals surface area contributed by atoms with E-state index in [0.29, 0.717) is 0 Å². The van der Waals surface area contributed by atoms with Crippen molar-refractivity contribution in [2.24, 2.45) is 0 Å². The van der Waals surface area contributed by atoms with Gasteiger partial charge in [-0.05, 0) is 19.4 Å². The normalized spacial score (nSPS) is 15.0. The number of anilines is 1. The minimum absolute atomic E-state index is 0. The summed E-state index contributed by atoms with van der Waals surface area (Å²) in [6.45, 7) is 8.98. The van der Waals surface area contributed by atoms with E-state index in [-0.39, 0.29) is 24.8 Å². The van der Waals surface area contributed by atoms with Crippen molar-refractivity contribution in [2.75, 3.05) is 31.5 Å². The molecule has 6 heteroatoms. The maximum absolute atomic E-state index is 4.70. The van der Waals surface area contributed by atoms with Gasteiger partial charge < -0.3 is 10.2 Å². The van der Waals surface area contributed by atoms with Crippen LogP contribution in [-0.4, -0.2) is 36.1 Å². The van der Waals surface area contributed by atoms with E-state index in [4.69, 9.17) is 4.98 Å². The van der Waals surface area contributed by atoms with Gasteiger partial charge in [0.25, 0.3) is 0 Å². The molecule has 1 aliphatic rings. The largest absolute Gasteiger partial charge is 0.362 e. The van der Waals surface area contributed by atoms with Crippen LogP contribution in [0.15, 0.2) is 0 Å². The third-order valence-electron chi connectivity index (χ3n) is 3.07. The van der Waals surface area contributed by atoms with E-state index < -0.39 is 0 Å². The Bertz CT molecular complexity index is 319. The Morgan fingerprint density at radius 1 is 1.22 bits per heavy atom. The second-order valence-electron chi connectivity index (χ2n) is 4.25. The van der Waals surface area contributed by atoms with Gasteiger partial charge in [0.15, 0.2) is 5.13 Å². The van der Waals surface area contributed by atoms with Gasteiger partial charge in [0.2, 0.25) is 0 Å². The average Bonchev–Trinajstić information content (AvgIpc) is 2.60. The molecule has 2 rings (SSSR count). The third-order valence-corrected chi connectivity index (χ3v) is 4.19. The molecule has 1 aromatic rings. The van der Waals surface area contributed by atoms with Crippen molar-refractivity contribution in [3.63, 3.8) is 0 Å². The number of nitrogens with one attached hydrogen (secondary N) is 1. The fourth-order valence-electron chi connectivity index (χ4n) is 2.03. The zero-order valence-corrected chi connectivity index (χ0v) is 13.5. The topological polar surface area (TPSA) is 28.2 Å². The maximum Gasteiger partial charge on any atom is 0.183 e. The fourth-order valence-corrected chi connectivity index (χ4v) is 3.06. The molecule has 0 aliphatic carbocycles. The summed E-state index contributed by atoms with van der Waals surface area (Å²) in [6, 6.07) is 0. The summed E-state index contributed by atoms with van der Waals surface area (Å²) in [5, 5.41) is 4.51. The van der Waals surface area contributed by atoms with Crippen molar-refractivity contribution in [1.29, 1.82) is 0 Å². The Balaban J connectivity index is 0.00000144. The molecule has 1 N–H and O–H groups in total. The second kappa shape index (κ2) is 8.97. The number of halogens is 2. The zero-order valence-electron chi connectivity index (χ0n) is 11.1. The predicted molar refractivity (Wildman–Crippen MR) is 84.9 cm³/mol. The molecule has 1 aliphatic heterocycles. The van der Waals surface area contributed by atoms with E-state index in [0.717, 1.165) is 31.1 Å². The van der Waals surface area contributed by atoms with E-state index in [9.17, 15) is 0 Å². The van der Waals surface area contributed by atoms with Crippen molar-refractivity contribution in [3.05, 3.63) is 10.6 Å².